The molecule has 2 aliphatic heterocycles. The van der Waals surface area contributed by atoms with Gasteiger partial charge in [0.25, 0.3) is 0 Å². The first-order valence-electron chi connectivity index (χ1n) is 11.9. The molecule has 11 heteroatoms. The van der Waals surface area contributed by atoms with E-state index in [1.54, 1.807) is 12.1 Å². The number of anilines is 4. The van der Waals surface area contributed by atoms with Crippen molar-refractivity contribution in [2.24, 2.45) is 0 Å². The maximum absolute atomic E-state index is 15.6. The number of nitrogens with zero attached hydrogens (tertiary/aromatic N) is 4. The number of ether oxygens (including phenoxy) is 1. The summed E-state index contributed by atoms with van der Waals surface area (Å²) < 4.78 is 36.0. The Labute approximate surface area is 216 Å². The van der Waals surface area contributed by atoms with Crippen molar-refractivity contribution >= 4 is 45.5 Å². The minimum atomic E-state index is -0.687. The number of hydrogen-bond donors (Lipinski definition) is 3. The van der Waals surface area contributed by atoms with E-state index in [1.165, 1.54) is 12.4 Å². The van der Waals surface area contributed by atoms with E-state index in [4.69, 9.17) is 22.1 Å². The van der Waals surface area contributed by atoms with E-state index in [-0.39, 0.29) is 38.8 Å². The molecule has 0 unspecified atom stereocenters. The predicted molar refractivity (Wildman–Crippen MR) is 141 cm³/mol. The van der Waals surface area contributed by atoms with Crippen LogP contribution in [0.25, 0.3) is 22.0 Å². The van der Waals surface area contributed by atoms with Gasteiger partial charge in [0.05, 0.1) is 21.9 Å². The topological polar surface area (TPSA) is 101 Å². The van der Waals surface area contributed by atoms with E-state index in [0.717, 1.165) is 36.2 Å². The Hall–Kier alpha value is -3.76. The number of pyridine rings is 1. The van der Waals surface area contributed by atoms with Crippen LogP contribution < -0.4 is 21.1 Å². The van der Waals surface area contributed by atoms with Crippen molar-refractivity contribution in [1.82, 2.24) is 19.9 Å². The Morgan fingerprint density at radius 3 is 2.86 bits per heavy atom. The van der Waals surface area contributed by atoms with Crippen molar-refractivity contribution in [3.8, 4) is 17.0 Å². The first kappa shape index (κ1) is 23.6. The highest BCUT2D eigenvalue weighted by Gasteiger charge is 2.25. The Kier molecular flexibility index (Phi) is 5.73. The molecular weight excluding hydrogens is 500 g/mol. The fraction of sp³-hybridized carbons (Fsp3) is 0.269. The Morgan fingerprint density at radius 1 is 1.19 bits per heavy atom. The monoisotopic (exact) mass is 523 g/mol. The lowest BCUT2D eigenvalue weighted by molar-refractivity contribution is 0.310. The zero-order valence-electron chi connectivity index (χ0n) is 20.3. The maximum atomic E-state index is 15.6. The van der Waals surface area contributed by atoms with E-state index in [0.29, 0.717) is 30.3 Å². The van der Waals surface area contributed by atoms with Gasteiger partial charge < -0.3 is 26.0 Å². The molecule has 0 atom stereocenters. The fourth-order valence-corrected chi connectivity index (χ4v) is 5.25. The SMILES string of the molecule is Cc1c(-c2c(F)c(N)c3cnc(Nc4cc5c(cc4F)CCN(C)C5)nc3c2Cl)cnc2c1NCCO2. The molecular formula is C26H24ClF2N7O. The van der Waals surface area contributed by atoms with Crippen molar-refractivity contribution in [1.29, 1.82) is 0 Å². The number of fused-ring (bicyclic) bond motifs is 3. The third-order valence-electron chi connectivity index (χ3n) is 6.92. The third-order valence-corrected chi connectivity index (χ3v) is 7.28. The lowest BCUT2D eigenvalue weighted by atomic mass is 9.98. The molecule has 4 aromatic rings. The number of nitrogens with one attached hydrogen (secondary N) is 2. The highest BCUT2D eigenvalue weighted by Crippen LogP contribution is 2.44. The molecule has 6 rings (SSSR count). The zero-order valence-corrected chi connectivity index (χ0v) is 21.0. The van der Waals surface area contributed by atoms with Gasteiger partial charge >= 0.3 is 0 Å². The van der Waals surface area contributed by atoms with Crippen molar-refractivity contribution in [3.05, 3.63) is 57.9 Å². The van der Waals surface area contributed by atoms with Crippen LogP contribution in [0.1, 0.15) is 16.7 Å². The molecule has 8 nitrogen and oxygen atoms in total. The highest BCUT2D eigenvalue weighted by atomic mass is 35.5. The normalized spacial score (nSPS) is 15.1. The first-order chi connectivity index (χ1) is 17.8. The molecule has 190 valence electrons. The molecule has 2 aromatic heterocycles. The summed E-state index contributed by atoms with van der Waals surface area (Å²) in [5, 5.41) is 6.51. The number of halogens is 3. The number of benzene rings is 2. The second-order valence-electron chi connectivity index (χ2n) is 9.34. The van der Waals surface area contributed by atoms with E-state index in [9.17, 15) is 4.39 Å². The van der Waals surface area contributed by atoms with E-state index in [2.05, 4.69) is 30.5 Å². The summed E-state index contributed by atoms with van der Waals surface area (Å²) >= 11 is 6.75. The van der Waals surface area contributed by atoms with Crippen LogP contribution in [-0.2, 0) is 13.0 Å². The summed E-state index contributed by atoms with van der Waals surface area (Å²) in [5.74, 6) is -0.522. The molecule has 4 heterocycles. The van der Waals surface area contributed by atoms with Crippen molar-refractivity contribution in [3.63, 3.8) is 0 Å². The number of nitrogens with two attached hydrogens (primary N) is 1. The van der Waals surface area contributed by atoms with Crippen LogP contribution in [0.4, 0.5) is 31.8 Å². The second-order valence-corrected chi connectivity index (χ2v) is 9.72. The average Bonchev–Trinajstić information content (AvgIpc) is 2.89. The number of aromatic nitrogens is 3. The molecule has 4 N–H and O–H groups in total. The van der Waals surface area contributed by atoms with Gasteiger partial charge in [-0.2, -0.15) is 0 Å². The second kappa shape index (κ2) is 8.97. The van der Waals surface area contributed by atoms with Crippen molar-refractivity contribution in [2.75, 3.05) is 43.1 Å². The quantitative estimate of drug-likeness (QED) is 0.321. The van der Waals surface area contributed by atoms with Gasteiger partial charge in [-0.25, -0.2) is 23.7 Å². The molecule has 2 aromatic carbocycles. The third kappa shape index (κ3) is 3.96. The number of likely N-dealkylation sites (N-methyl/N-ethyl adjacent to an activating group) is 1. The van der Waals surface area contributed by atoms with Crippen LogP contribution in [0.2, 0.25) is 5.02 Å². The average molecular weight is 524 g/mol. The maximum Gasteiger partial charge on any atom is 0.237 e. The molecule has 0 bridgehead atoms. The van der Waals surface area contributed by atoms with Crippen molar-refractivity contribution < 1.29 is 13.5 Å². The van der Waals surface area contributed by atoms with Crippen LogP contribution in [0, 0.1) is 18.6 Å². The first-order valence-corrected chi connectivity index (χ1v) is 12.3. The Morgan fingerprint density at radius 2 is 2.03 bits per heavy atom. The van der Waals surface area contributed by atoms with Crippen LogP contribution in [0.15, 0.2) is 24.5 Å². The molecule has 0 aliphatic carbocycles. The number of nitrogen functional groups attached to an aromatic ring is 1. The minimum absolute atomic E-state index is 0.0567. The van der Waals surface area contributed by atoms with Gasteiger partial charge in [-0.3, -0.25) is 0 Å². The van der Waals surface area contributed by atoms with Gasteiger partial charge in [-0.15, -0.1) is 0 Å². The van der Waals surface area contributed by atoms with Crippen LogP contribution in [-0.4, -0.2) is 46.6 Å². The van der Waals surface area contributed by atoms with Gasteiger partial charge in [0.15, 0.2) is 5.82 Å². The Bertz CT molecular complexity index is 1580. The molecule has 0 spiro atoms. The standard InChI is InChI=1S/C26H24ClF2N7O/c1-12-15(9-32-25-23(12)31-4-6-37-25)19-20(27)24-16(22(30)21(19)29)10-33-26(35-24)34-18-8-14-11-36(2)5-3-13(14)7-17(18)28/h7-10,31H,3-6,11,30H2,1-2H3,(H,33,34,35). The van der Waals surface area contributed by atoms with Gasteiger partial charge in [-0.05, 0) is 49.2 Å². The van der Waals surface area contributed by atoms with Crippen LogP contribution in [0.5, 0.6) is 5.88 Å². The summed E-state index contributed by atoms with van der Waals surface area (Å²) in [4.78, 5) is 15.3. The summed E-state index contributed by atoms with van der Waals surface area (Å²) in [7, 11) is 2.03. The summed E-state index contributed by atoms with van der Waals surface area (Å²) in [5.41, 5.74) is 10.5. The summed E-state index contributed by atoms with van der Waals surface area (Å²) in [6, 6.07) is 3.32. The van der Waals surface area contributed by atoms with E-state index < -0.39 is 11.6 Å². The number of rotatable bonds is 3. The molecule has 2 aliphatic rings. The minimum Gasteiger partial charge on any atom is -0.474 e. The van der Waals surface area contributed by atoms with Gasteiger partial charge in [-0.1, -0.05) is 11.6 Å². The lowest BCUT2D eigenvalue weighted by Crippen LogP contribution is -2.26. The van der Waals surface area contributed by atoms with E-state index >= 15 is 4.39 Å². The summed E-state index contributed by atoms with van der Waals surface area (Å²) in [6.45, 7) is 4.53. The largest absolute Gasteiger partial charge is 0.474 e. The molecule has 0 saturated heterocycles. The molecule has 0 fully saturated rings. The van der Waals surface area contributed by atoms with Crippen molar-refractivity contribution in [2.45, 2.75) is 19.9 Å². The highest BCUT2D eigenvalue weighted by molar-refractivity contribution is 6.38. The van der Waals surface area contributed by atoms with Gasteiger partial charge in [0.2, 0.25) is 11.8 Å². The summed E-state index contributed by atoms with van der Waals surface area (Å²) in [6.07, 6.45) is 3.68. The predicted octanol–water partition coefficient (Wildman–Crippen LogP) is 5.05. The molecule has 0 amide bonds. The van der Waals surface area contributed by atoms with Crippen LogP contribution in [0.3, 0.4) is 0 Å². The zero-order chi connectivity index (χ0) is 25.8. The van der Waals surface area contributed by atoms with Gasteiger partial charge in [0.1, 0.15) is 18.1 Å². The molecule has 37 heavy (non-hydrogen) atoms. The van der Waals surface area contributed by atoms with Crippen LogP contribution >= 0.6 is 11.6 Å². The fourth-order valence-electron chi connectivity index (χ4n) is 4.92. The smallest absolute Gasteiger partial charge is 0.237 e. The van der Waals surface area contributed by atoms with Gasteiger partial charge in [0, 0.05) is 48.5 Å². The molecule has 0 saturated carbocycles. The lowest BCUT2D eigenvalue weighted by Gasteiger charge is -2.25. The molecule has 0 radical (unpaired) electrons. The number of hydrogen-bond acceptors (Lipinski definition) is 8. The Balaban J connectivity index is 1.45. The van der Waals surface area contributed by atoms with E-state index in [1.807, 2.05) is 14.0 Å².